The fraction of sp³-hybridized carbons (Fsp3) is 0.407. The maximum absolute atomic E-state index is 14.9. The maximum atomic E-state index is 14.9. The van der Waals surface area contributed by atoms with Gasteiger partial charge in [0, 0.05) is 12.5 Å². The summed E-state index contributed by atoms with van der Waals surface area (Å²) in [6.45, 7) is 0.623. The number of hydrogen-bond donors (Lipinski definition) is 0. The summed E-state index contributed by atoms with van der Waals surface area (Å²) < 4.78 is 112. The summed E-state index contributed by atoms with van der Waals surface area (Å²) in [6, 6.07) is 7.88. The third kappa shape index (κ3) is 7.68. The highest BCUT2D eigenvalue weighted by atomic mass is 19.4. The van der Waals surface area contributed by atoms with E-state index >= 15 is 0 Å². The van der Waals surface area contributed by atoms with E-state index in [0.717, 1.165) is 0 Å². The summed E-state index contributed by atoms with van der Waals surface area (Å²) >= 11 is 0. The third-order valence-corrected chi connectivity index (χ3v) is 6.44. The number of nitrogens with zero attached hydrogens (tertiary/aromatic N) is 4. The Morgan fingerprint density at radius 3 is 2.36 bits per heavy atom. The molecular formula is C27H24F6N4O8. The highest BCUT2D eigenvalue weighted by Crippen LogP contribution is 2.47. The van der Waals surface area contributed by atoms with Crippen LogP contribution < -0.4 is 0 Å². The molecule has 0 bridgehead atoms. The van der Waals surface area contributed by atoms with Gasteiger partial charge in [-0.3, -0.25) is 14.9 Å². The summed E-state index contributed by atoms with van der Waals surface area (Å²) in [6.07, 6.45) is -11.0. The molecule has 0 saturated heterocycles. The van der Waals surface area contributed by atoms with Crippen molar-refractivity contribution in [2.24, 2.45) is 0 Å². The number of halogens is 6. The molecule has 4 rings (SSSR count). The van der Waals surface area contributed by atoms with Gasteiger partial charge in [-0.05, 0) is 25.3 Å². The number of alkyl halides is 6. The molecule has 18 heteroatoms. The molecule has 0 N–H and O–H groups in total. The zero-order valence-electron chi connectivity index (χ0n) is 23.3. The van der Waals surface area contributed by atoms with E-state index in [0.29, 0.717) is 5.56 Å². The molecule has 12 nitrogen and oxygen atoms in total. The first-order chi connectivity index (χ1) is 21.2. The van der Waals surface area contributed by atoms with Crippen molar-refractivity contribution >= 4 is 11.7 Å². The minimum atomic E-state index is -5.21. The Labute approximate surface area is 250 Å². The number of ether oxygens (including phenoxy) is 4. The standard InChI is InChI=1S/C27H24F6N4O8/c1-2-41-20(38)14-18-17(26(28,29)30)13-19(37(39)40)22(34-18)23-35-36-24(45-23)25(27(31,32)33,10-6-9-21-42-11-12-43-21)44-15-16-7-4-3-5-8-16/h3-5,7-8,11-13,21H,2,6,9-10,14-15H2,1H3. The van der Waals surface area contributed by atoms with Gasteiger partial charge in [-0.15, -0.1) is 10.2 Å². The molecular weight excluding hydrogens is 622 g/mol. The van der Waals surface area contributed by atoms with E-state index in [9.17, 15) is 41.3 Å². The summed E-state index contributed by atoms with van der Waals surface area (Å²) in [5.41, 5.74) is -7.88. The Bertz CT molecular complexity index is 1520. The van der Waals surface area contributed by atoms with Crippen LogP contribution in [0.25, 0.3) is 11.6 Å². The van der Waals surface area contributed by atoms with Gasteiger partial charge in [0.15, 0.2) is 0 Å². The lowest BCUT2D eigenvalue weighted by Gasteiger charge is -2.32. The first-order valence-electron chi connectivity index (χ1n) is 13.2. The Balaban J connectivity index is 1.80. The van der Waals surface area contributed by atoms with Crippen molar-refractivity contribution in [1.29, 1.82) is 0 Å². The lowest BCUT2D eigenvalue weighted by molar-refractivity contribution is -0.384. The molecule has 1 atom stereocenters. The highest BCUT2D eigenvalue weighted by molar-refractivity contribution is 5.74. The number of esters is 1. The van der Waals surface area contributed by atoms with Gasteiger partial charge in [0.2, 0.25) is 17.6 Å². The molecule has 45 heavy (non-hydrogen) atoms. The molecule has 3 aromatic rings. The van der Waals surface area contributed by atoms with Crippen molar-refractivity contribution in [3.05, 3.63) is 81.7 Å². The molecule has 1 aliphatic rings. The Hall–Kier alpha value is -4.74. The molecule has 3 heterocycles. The maximum Gasteiger partial charge on any atom is 0.426 e. The topological polar surface area (TPSA) is 149 Å². The Morgan fingerprint density at radius 2 is 1.76 bits per heavy atom. The molecule has 0 aliphatic carbocycles. The second-order valence-electron chi connectivity index (χ2n) is 9.46. The fourth-order valence-corrected chi connectivity index (χ4v) is 4.34. The van der Waals surface area contributed by atoms with Gasteiger partial charge in [0.1, 0.15) is 12.5 Å². The van der Waals surface area contributed by atoms with E-state index < -0.39 is 89.0 Å². The van der Waals surface area contributed by atoms with Gasteiger partial charge < -0.3 is 23.4 Å². The van der Waals surface area contributed by atoms with Gasteiger partial charge >= 0.3 is 24.0 Å². The average molecular weight is 646 g/mol. The van der Waals surface area contributed by atoms with Gasteiger partial charge in [0.05, 0.1) is 35.8 Å². The molecule has 0 saturated carbocycles. The minimum absolute atomic E-state index is 0.0241. The molecule has 0 spiro atoms. The van der Waals surface area contributed by atoms with Crippen molar-refractivity contribution in [1.82, 2.24) is 15.2 Å². The van der Waals surface area contributed by atoms with Crippen molar-refractivity contribution in [2.75, 3.05) is 6.61 Å². The molecule has 0 fully saturated rings. The summed E-state index contributed by atoms with van der Waals surface area (Å²) in [4.78, 5) is 26.1. The molecule has 1 unspecified atom stereocenters. The van der Waals surface area contributed by atoms with Crippen molar-refractivity contribution < 1.29 is 59.4 Å². The van der Waals surface area contributed by atoms with Crippen LogP contribution in [0.15, 0.2) is 53.3 Å². The van der Waals surface area contributed by atoms with Crippen LogP contribution in [0.3, 0.4) is 0 Å². The zero-order valence-corrected chi connectivity index (χ0v) is 23.3. The predicted molar refractivity (Wildman–Crippen MR) is 137 cm³/mol. The van der Waals surface area contributed by atoms with Gasteiger partial charge in [0.25, 0.3) is 11.8 Å². The van der Waals surface area contributed by atoms with E-state index in [1.165, 1.54) is 31.6 Å². The lowest BCUT2D eigenvalue weighted by Crippen LogP contribution is -2.45. The van der Waals surface area contributed by atoms with Crippen LogP contribution in [0.2, 0.25) is 0 Å². The second kappa shape index (κ2) is 13.5. The molecule has 2 aromatic heterocycles. The molecule has 1 aliphatic heterocycles. The second-order valence-corrected chi connectivity index (χ2v) is 9.46. The van der Waals surface area contributed by atoms with Gasteiger partial charge in [-0.2, -0.15) is 26.3 Å². The summed E-state index contributed by atoms with van der Waals surface area (Å²) in [5, 5.41) is 18.7. The van der Waals surface area contributed by atoms with Crippen LogP contribution in [0.5, 0.6) is 0 Å². The molecule has 1 aromatic carbocycles. The zero-order chi connectivity index (χ0) is 32.8. The van der Waals surface area contributed by atoms with Crippen molar-refractivity contribution in [3.8, 4) is 11.6 Å². The highest BCUT2D eigenvalue weighted by Gasteiger charge is 2.61. The van der Waals surface area contributed by atoms with Crippen LogP contribution in [-0.2, 0) is 48.5 Å². The number of nitro groups is 1. The first-order valence-corrected chi connectivity index (χ1v) is 13.2. The summed E-state index contributed by atoms with van der Waals surface area (Å²) in [7, 11) is 0. The molecule has 0 radical (unpaired) electrons. The number of aromatic nitrogens is 3. The Morgan fingerprint density at radius 1 is 1.07 bits per heavy atom. The van der Waals surface area contributed by atoms with Crippen LogP contribution in [0.4, 0.5) is 32.0 Å². The quantitative estimate of drug-likeness (QED) is 0.0911. The number of hydrogen-bond acceptors (Lipinski definition) is 11. The summed E-state index contributed by atoms with van der Waals surface area (Å²) in [5.74, 6) is -3.34. The molecule has 242 valence electrons. The number of pyridine rings is 1. The number of carbonyl (C=O) groups excluding carboxylic acids is 1. The van der Waals surface area contributed by atoms with E-state index in [2.05, 4.69) is 19.9 Å². The van der Waals surface area contributed by atoms with Crippen LogP contribution in [0.1, 0.15) is 48.9 Å². The van der Waals surface area contributed by atoms with Gasteiger partial charge in [-0.1, -0.05) is 30.3 Å². The van der Waals surface area contributed by atoms with Crippen LogP contribution >= 0.6 is 0 Å². The first kappa shape index (κ1) is 33.2. The largest absolute Gasteiger partial charge is 0.466 e. The van der Waals surface area contributed by atoms with E-state index in [1.807, 2.05) is 0 Å². The predicted octanol–water partition coefficient (Wildman–Crippen LogP) is 6.15. The number of rotatable bonds is 13. The smallest absolute Gasteiger partial charge is 0.426 e. The molecule has 0 amide bonds. The lowest BCUT2D eigenvalue weighted by atomic mass is 9.94. The van der Waals surface area contributed by atoms with Crippen molar-refractivity contribution in [3.63, 3.8) is 0 Å². The third-order valence-electron chi connectivity index (χ3n) is 6.44. The number of benzene rings is 1. The Kier molecular flexibility index (Phi) is 9.94. The number of carbonyl (C=O) groups is 1. The van der Waals surface area contributed by atoms with E-state index in [1.54, 1.807) is 18.2 Å². The van der Waals surface area contributed by atoms with Crippen LogP contribution in [0, 0.1) is 10.1 Å². The monoisotopic (exact) mass is 646 g/mol. The average Bonchev–Trinajstić information content (AvgIpc) is 3.67. The van der Waals surface area contributed by atoms with Crippen molar-refractivity contribution in [2.45, 2.75) is 63.5 Å². The SMILES string of the molecule is CCOC(=O)Cc1nc(-c2nnc(C(CCCC3OC=CO3)(OCc3ccccc3)C(F)(F)F)o2)c([N+](=O)[O-])cc1C(F)(F)F. The van der Waals surface area contributed by atoms with Gasteiger partial charge in [-0.25, -0.2) is 4.98 Å². The minimum Gasteiger partial charge on any atom is -0.466 e. The van der Waals surface area contributed by atoms with E-state index in [4.69, 9.17) is 18.6 Å². The normalized spacial score (nSPS) is 14.9. The fourth-order valence-electron chi connectivity index (χ4n) is 4.34. The van der Waals surface area contributed by atoms with Crippen LogP contribution in [-0.4, -0.2) is 45.1 Å². The van der Waals surface area contributed by atoms with E-state index in [-0.39, 0.29) is 25.5 Å².